The minimum absolute atomic E-state index is 0.0504. The van der Waals surface area contributed by atoms with Gasteiger partial charge in [0, 0.05) is 31.9 Å². The lowest BCUT2D eigenvalue weighted by Gasteiger charge is -2.35. The number of ether oxygens (including phenoxy) is 1. The summed E-state index contributed by atoms with van der Waals surface area (Å²) in [6, 6.07) is 11.7. The first-order chi connectivity index (χ1) is 13.3. The van der Waals surface area contributed by atoms with Crippen molar-refractivity contribution in [3.63, 3.8) is 0 Å². The Morgan fingerprint density at radius 2 is 1.57 bits per heavy atom. The Balaban J connectivity index is 1.70. The molecule has 1 aliphatic rings. The summed E-state index contributed by atoms with van der Waals surface area (Å²) in [6.07, 6.45) is 0. The van der Waals surface area contributed by atoms with Crippen LogP contribution in [0.15, 0.2) is 47.4 Å². The molecule has 0 radical (unpaired) electrons. The van der Waals surface area contributed by atoms with Gasteiger partial charge in [-0.2, -0.15) is 4.31 Å². The molecule has 0 amide bonds. The van der Waals surface area contributed by atoms with Gasteiger partial charge in [0.05, 0.1) is 22.2 Å². The Bertz CT molecular complexity index is 936. The summed E-state index contributed by atoms with van der Waals surface area (Å²) in [4.78, 5) is 13.8. The molecule has 1 heterocycles. The number of rotatable bonds is 5. The monoisotopic (exact) mass is 442 g/mol. The molecule has 2 aromatic carbocycles. The summed E-state index contributed by atoms with van der Waals surface area (Å²) in [5.74, 6) is -0.360. The summed E-state index contributed by atoms with van der Waals surface area (Å²) in [5.41, 5.74) is 1.40. The van der Waals surface area contributed by atoms with E-state index in [1.807, 2.05) is 12.1 Å². The number of hydrogen-bond donors (Lipinski definition) is 0. The van der Waals surface area contributed by atoms with Crippen molar-refractivity contribution >= 4 is 44.9 Å². The third kappa shape index (κ3) is 4.27. The highest BCUT2D eigenvalue weighted by molar-refractivity contribution is 7.89. The van der Waals surface area contributed by atoms with E-state index in [0.717, 1.165) is 5.69 Å². The summed E-state index contributed by atoms with van der Waals surface area (Å²) < 4.78 is 32.3. The zero-order valence-corrected chi connectivity index (χ0v) is 17.6. The second kappa shape index (κ2) is 8.69. The van der Waals surface area contributed by atoms with Gasteiger partial charge in [-0.15, -0.1) is 0 Å². The van der Waals surface area contributed by atoms with Crippen LogP contribution in [0.3, 0.4) is 0 Å². The van der Waals surface area contributed by atoms with E-state index in [4.69, 9.17) is 27.9 Å². The standard InChI is InChI=1S/C19H20Cl2N2O4S/c1-2-27-19(24)14-6-8-15(9-7-14)22-10-12-23(13-11-22)28(25,26)18-16(20)4-3-5-17(18)21/h3-9H,2,10-13H2,1H3. The fourth-order valence-electron chi connectivity index (χ4n) is 3.07. The van der Waals surface area contributed by atoms with Gasteiger partial charge >= 0.3 is 5.97 Å². The van der Waals surface area contributed by atoms with Crippen LogP contribution in [-0.2, 0) is 14.8 Å². The highest BCUT2D eigenvalue weighted by Crippen LogP contribution is 2.32. The molecule has 0 unspecified atom stereocenters. The molecule has 1 saturated heterocycles. The van der Waals surface area contributed by atoms with E-state index in [0.29, 0.717) is 38.3 Å². The maximum Gasteiger partial charge on any atom is 0.338 e. The number of sulfonamides is 1. The smallest absolute Gasteiger partial charge is 0.338 e. The van der Waals surface area contributed by atoms with Crippen LogP contribution in [0.25, 0.3) is 0 Å². The van der Waals surface area contributed by atoms with E-state index in [-0.39, 0.29) is 20.9 Å². The first-order valence-electron chi connectivity index (χ1n) is 8.81. The normalized spacial score (nSPS) is 15.5. The Morgan fingerprint density at radius 1 is 1.00 bits per heavy atom. The number of carbonyl (C=O) groups is 1. The average molecular weight is 443 g/mol. The van der Waals surface area contributed by atoms with Gasteiger partial charge in [0.1, 0.15) is 4.90 Å². The largest absolute Gasteiger partial charge is 0.462 e. The third-order valence-corrected chi connectivity index (χ3v) is 7.35. The number of halogens is 2. The molecule has 1 fully saturated rings. The lowest BCUT2D eigenvalue weighted by molar-refractivity contribution is 0.0526. The Morgan fingerprint density at radius 3 is 2.11 bits per heavy atom. The average Bonchev–Trinajstić information content (AvgIpc) is 2.68. The summed E-state index contributed by atoms with van der Waals surface area (Å²) in [5, 5.41) is 0.231. The molecule has 0 atom stereocenters. The number of nitrogens with zero attached hydrogens (tertiary/aromatic N) is 2. The van der Waals surface area contributed by atoms with Gasteiger partial charge in [-0.3, -0.25) is 0 Å². The summed E-state index contributed by atoms with van der Waals surface area (Å²) >= 11 is 12.2. The minimum atomic E-state index is -3.77. The van der Waals surface area contributed by atoms with E-state index in [1.165, 1.54) is 16.4 Å². The molecule has 0 aliphatic carbocycles. The van der Waals surface area contributed by atoms with Crippen molar-refractivity contribution in [1.82, 2.24) is 4.31 Å². The van der Waals surface area contributed by atoms with Crippen molar-refractivity contribution in [2.45, 2.75) is 11.8 Å². The first kappa shape index (κ1) is 20.9. The molecule has 2 aromatic rings. The van der Waals surface area contributed by atoms with Crippen molar-refractivity contribution < 1.29 is 17.9 Å². The van der Waals surface area contributed by atoms with Gasteiger partial charge < -0.3 is 9.64 Å². The van der Waals surface area contributed by atoms with E-state index < -0.39 is 10.0 Å². The Labute approximate surface area is 174 Å². The van der Waals surface area contributed by atoms with Crippen molar-refractivity contribution in [2.75, 3.05) is 37.7 Å². The summed E-state index contributed by atoms with van der Waals surface area (Å²) in [6.45, 7) is 3.73. The van der Waals surface area contributed by atoms with Gasteiger partial charge in [0.15, 0.2) is 0 Å². The van der Waals surface area contributed by atoms with Gasteiger partial charge in [0.25, 0.3) is 0 Å². The number of esters is 1. The molecule has 0 saturated carbocycles. The Hall–Kier alpha value is -1.80. The molecule has 3 rings (SSSR count). The van der Waals surface area contributed by atoms with Gasteiger partial charge in [0.2, 0.25) is 10.0 Å². The first-order valence-corrected chi connectivity index (χ1v) is 11.0. The van der Waals surface area contributed by atoms with Crippen LogP contribution in [0.5, 0.6) is 0 Å². The molecule has 0 N–H and O–H groups in total. The molecule has 0 bridgehead atoms. The Kier molecular flexibility index (Phi) is 6.50. The van der Waals surface area contributed by atoms with Gasteiger partial charge in [-0.1, -0.05) is 29.3 Å². The molecule has 0 aromatic heterocycles. The molecular weight excluding hydrogens is 423 g/mol. The fourth-order valence-corrected chi connectivity index (χ4v) is 5.58. The lowest BCUT2D eigenvalue weighted by Crippen LogP contribution is -2.48. The van der Waals surface area contributed by atoms with E-state index >= 15 is 0 Å². The SMILES string of the molecule is CCOC(=O)c1ccc(N2CCN(S(=O)(=O)c3c(Cl)cccc3Cl)CC2)cc1. The molecule has 0 spiro atoms. The molecule has 6 nitrogen and oxygen atoms in total. The van der Waals surface area contributed by atoms with Crippen LogP contribution in [0, 0.1) is 0 Å². The van der Waals surface area contributed by atoms with Crippen molar-refractivity contribution in [1.29, 1.82) is 0 Å². The topological polar surface area (TPSA) is 66.9 Å². The number of benzene rings is 2. The van der Waals surface area contributed by atoms with Crippen LogP contribution in [0.2, 0.25) is 10.0 Å². The molecule has 150 valence electrons. The van der Waals surface area contributed by atoms with Crippen LogP contribution in [-0.4, -0.2) is 51.5 Å². The van der Waals surface area contributed by atoms with Crippen molar-refractivity contribution in [3.05, 3.63) is 58.1 Å². The van der Waals surface area contributed by atoms with Crippen LogP contribution in [0.1, 0.15) is 17.3 Å². The predicted molar refractivity (Wildman–Crippen MR) is 110 cm³/mol. The van der Waals surface area contributed by atoms with E-state index in [9.17, 15) is 13.2 Å². The number of carbonyl (C=O) groups excluding carboxylic acids is 1. The highest BCUT2D eigenvalue weighted by Gasteiger charge is 2.31. The number of piperazine rings is 1. The quantitative estimate of drug-likeness (QED) is 0.660. The number of anilines is 1. The third-order valence-electron chi connectivity index (χ3n) is 4.50. The van der Waals surface area contributed by atoms with Crippen molar-refractivity contribution in [2.24, 2.45) is 0 Å². The maximum atomic E-state index is 12.9. The molecule has 1 aliphatic heterocycles. The highest BCUT2D eigenvalue weighted by atomic mass is 35.5. The van der Waals surface area contributed by atoms with E-state index in [1.54, 1.807) is 25.1 Å². The maximum absolute atomic E-state index is 12.9. The zero-order chi connectivity index (χ0) is 20.3. The van der Waals surface area contributed by atoms with Gasteiger partial charge in [-0.25, -0.2) is 13.2 Å². The fraction of sp³-hybridized carbons (Fsp3) is 0.316. The summed E-state index contributed by atoms with van der Waals surface area (Å²) in [7, 11) is -3.77. The van der Waals surface area contributed by atoms with Crippen molar-refractivity contribution in [3.8, 4) is 0 Å². The predicted octanol–water partition coefficient (Wildman–Crippen LogP) is 3.68. The molecule has 28 heavy (non-hydrogen) atoms. The number of hydrogen-bond acceptors (Lipinski definition) is 5. The van der Waals surface area contributed by atoms with Crippen LogP contribution >= 0.6 is 23.2 Å². The molecular formula is C19H20Cl2N2O4S. The zero-order valence-electron chi connectivity index (χ0n) is 15.3. The van der Waals surface area contributed by atoms with Crippen LogP contribution in [0.4, 0.5) is 5.69 Å². The second-order valence-electron chi connectivity index (χ2n) is 6.21. The van der Waals surface area contributed by atoms with Crippen LogP contribution < -0.4 is 4.90 Å². The minimum Gasteiger partial charge on any atom is -0.462 e. The molecule has 9 heteroatoms. The van der Waals surface area contributed by atoms with E-state index in [2.05, 4.69) is 4.90 Å². The van der Waals surface area contributed by atoms with Gasteiger partial charge in [-0.05, 0) is 43.3 Å². The second-order valence-corrected chi connectivity index (χ2v) is 8.90. The lowest BCUT2D eigenvalue weighted by atomic mass is 10.2.